The van der Waals surface area contributed by atoms with Crippen LogP contribution in [0.1, 0.15) is 32.6 Å². The van der Waals surface area contributed by atoms with Crippen LogP contribution in [-0.2, 0) is 23.7 Å². The highest BCUT2D eigenvalue weighted by molar-refractivity contribution is 4.53. The molecule has 5 heteroatoms. The SMILES string of the molecule is CCCOCCOCCOCCOC1CCCCO1. The first-order valence-corrected chi connectivity index (χ1v) is 7.40. The first-order valence-electron chi connectivity index (χ1n) is 7.40. The van der Waals surface area contributed by atoms with Crippen LogP contribution in [0.4, 0.5) is 0 Å². The minimum Gasteiger partial charge on any atom is -0.379 e. The lowest BCUT2D eigenvalue weighted by Gasteiger charge is -2.22. The van der Waals surface area contributed by atoms with E-state index in [1.54, 1.807) is 0 Å². The van der Waals surface area contributed by atoms with Gasteiger partial charge in [-0.15, -0.1) is 0 Å². The average molecular weight is 276 g/mol. The Morgan fingerprint density at radius 2 is 1.47 bits per heavy atom. The number of ether oxygens (including phenoxy) is 5. The second kappa shape index (κ2) is 12.8. The van der Waals surface area contributed by atoms with Crippen molar-refractivity contribution in [1.29, 1.82) is 0 Å². The maximum atomic E-state index is 5.55. The molecule has 1 atom stereocenters. The topological polar surface area (TPSA) is 46.2 Å². The Morgan fingerprint density at radius 3 is 2.05 bits per heavy atom. The monoisotopic (exact) mass is 276 g/mol. The van der Waals surface area contributed by atoms with Gasteiger partial charge in [0.05, 0.1) is 39.6 Å². The first kappa shape index (κ1) is 16.9. The summed E-state index contributed by atoms with van der Waals surface area (Å²) in [5, 5.41) is 0. The molecule has 0 N–H and O–H groups in total. The van der Waals surface area contributed by atoms with Crippen molar-refractivity contribution in [3.63, 3.8) is 0 Å². The predicted molar refractivity (Wildman–Crippen MR) is 72.3 cm³/mol. The van der Waals surface area contributed by atoms with Crippen LogP contribution in [0.2, 0.25) is 0 Å². The zero-order valence-corrected chi connectivity index (χ0v) is 12.1. The summed E-state index contributed by atoms with van der Waals surface area (Å²) in [4.78, 5) is 0. The highest BCUT2D eigenvalue weighted by Gasteiger charge is 2.13. The molecule has 19 heavy (non-hydrogen) atoms. The Kier molecular flexibility index (Phi) is 11.4. The van der Waals surface area contributed by atoms with Crippen LogP contribution in [0.15, 0.2) is 0 Å². The van der Waals surface area contributed by atoms with Crippen LogP contribution in [0.3, 0.4) is 0 Å². The maximum Gasteiger partial charge on any atom is 0.157 e. The van der Waals surface area contributed by atoms with Crippen molar-refractivity contribution in [1.82, 2.24) is 0 Å². The second-order valence-electron chi connectivity index (χ2n) is 4.50. The van der Waals surface area contributed by atoms with Gasteiger partial charge in [-0.25, -0.2) is 0 Å². The van der Waals surface area contributed by atoms with Crippen molar-refractivity contribution < 1.29 is 23.7 Å². The third-order valence-corrected chi connectivity index (χ3v) is 2.76. The van der Waals surface area contributed by atoms with Crippen LogP contribution in [0.25, 0.3) is 0 Å². The van der Waals surface area contributed by atoms with Gasteiger partial charge in [-0.05, 0) is 25.7 Å². The molecule has 1 aliphatic heterocycles. The van der Waals surface area contributed by atoms with Gasteiger partial charge in [0.15, 0.2) is 6.29 Å². The summed E-state index contributed by atoms with van der Waals surface area (Å²) in [7, 11) is 0. The molecule has 0 aromatic heterocycles. The smallest absolute Gasteiger partial charge is 0.157 e. The zero-order valence-electron chi connectivity index (χ0n) is 12.1. The highest BCUT2D eigenvalue weighted by Crippen LogP contribution is 2.13. The van der Waals surface area contributed by atoms with E-state index in [9.17, 15) is 0 Å². The Balaban J connectivity index is 1.71. The molecule has 1 heterocycles. The van der Waals surface area contributed by atoms with E-state index < -0.39 is 0 Å². The molecule has 0 bridgehead atoms. The summed E-state index contributed by atoms with van der Waals surface area (Å²) >= 11 is 0. The van der Waals surface area contributed by atoms with Crippen molar-refractivity contribution in [2.75, 3.05) is 52.9 Å². The van der Waals surface area contributed by atoms with Gasteiger partial charge >= 0.3 is 0 Å². The summed E-state index contributed by atoms with van der Waals surface area (Å²) in [5.41, 5.74) is 0. The van der Waals surface area contributed by atoms with Crippen LogP contribution in [0.5, 0.6) is 0 Å². The first-order chi connectivity index (χ1) is 9.43. The van der Waals surface area contributed by atoms with Gasteiger partial charge in [0.1, 0.15) is 0 Å². The third kappa shape index (κ3) is 10.3. The lowest BCUT2D eigenvalue weighted by atomic mass is 10.2. The summed E-state index contributed by atoms with van der Waals surface area (Å²) in [6.45, 7) is 7.40. The highest BCUT2D eigenvalue weighted by atomic mass is 16.7. The van der Waals surface area contributed by atoms with Gasteiger partial charge < -0.3 is 23.7 Å². The van der Waals surface area contributed by atoms with Gasteiger partial charge in [-0.1, -0.05) is 6.92 Å². The number of rotatable bonds is 12. The standard InChI is InChI=1S/C14H28O5/c1-2-6-15-8-9-16-10-11-17-12-13-19-14-5-3-4-7-18-14/h14H,2-13H2,1H3. The fraction of sp³-hybridized carbons (Fsp3) is 1.00. The van der Waals surface area contributed by atoms with E-state index in [0.29, 0.717) is 39.6 Å². The van der Waals surface area contributed by atoms with E-state index in [1.165, 1.54) is 6.42 Å². The van der Waals surface area contributed by atoms with Crippen molar-refractivity contribution >= 4 is 0 Å². The van der Waals surface area contributed by atoms with Crippen LogP contribution in [-0.4, -0.2) is 59.1 Å². The third-order valence-electron chi connectivity index (χ3n) is 2.76. The molecule has 1 saturated heterocycles. The second-order valence-corrected chi connectivity index (χ2v) is 4.50. The van der Waals surface area contributed by atoms with Crippen molar-refractivity contribution in [2.45, 2.75) is 38.9 Å². The molecule has 5 nitrogen and oxygen atoms in total. The molecule has 1 rings (SSSR count). The molecule has 0 spiro atoms. The Bertz CT molecular complexity index is 183. The molecule has 0 aliphatic carbocycles. The van der Waals surface area contributed by atoms with E-state index in [0.717, 1.165) is 32.5 Å². The molecule has 0 amide bonds. The quantitative estimate of drug-likeness (QED) is 0.510. The van der Waals surface area contributed by atoms with E-state index >= 15 is 0 Å². The van der Waals surface area contributed by atoms with Gasteiger partial charge in [-0.3, -0.25) is 0 Å². The van der Waals surface area contributed by atoms with Gasteiger partial charge in [0, 0.05) is 13.2 Å². The minimum absolute atomic E-state index is 0.0238. The van der Waals surface area contributed by atoms with Crippen LogP contribution in [0, 0.1) is 0 Å². The van der Waals surface area contributed by atoms with Gasteiger partial charge in [0.2, 0.25) is 0 Å². The van der Waals surface area contributed by atoms with E-state index in [1.807, 2.05) is 0 Å². The van der Waals surface area contributed by atoms with E-state index in [2.05, 4.69) is 6.92 Å². The summed E-state index contributed by atoms with van der Waals surface area (Å²) < 4.78 is 27.1. The van der Waals surface area contributed by atoms with Gasteiger partial charge in [-0.2, -0.15) is 0 Å². The summed E-state index contributed by atoms with van der Waals surface area (Å²) in [6.07, 6.45) is 4.37. The summed E-state index contributed by atoms with van der Waals surface area (Å²) in [5.74, 6) is 0. The molecule has 1 fully saturated rings. The normalized spacial score (nSPS) is 19.7. The minimum atomic E-state index is -0.0238. The Hall–Kier alpha value is -0.200. The average Bonchev–Trinajstić information content (AvgIpc) is 2.46. The summed E-state index contributed by atoms with van der Waals surface area (Å²) in [6, 6.07) is 0. The fourth-order valence-electron chi connectivity index (χ4n) is 1.77. The van der Waals surface area contributed by atoms with Crippen molar-refractivity contribution in [3.05, 3.63) is 0 Å². The molecule has 0 saturated carbocycles. The fourth-order valence-corrected chi connectivity index (χ4v) is 1.77. The van der Waals surface area contributed by atoms with E-state index in [4.69, 9.17) is 23.7 Å². The van der Waals surface area contributed by atoms with Crippen LogP contribution >= 0.6 is 0 Å². The largest absolute Gasteiger partial charge is 0.379 e. The molecule has 0 aromatic carbocycles. The van der Waals surface area contributed by atoms with Crippen molar-refractivity contribution in [2.24, 2.45) is 0 Å². The lowest BCUT2D eigenvalue weighted by molar-refractivity contribution is -0.169. The van der Waals surface area contributed by atoms with Crippen LogP contribution < -0.4 is 0 Å². The molecule has 1 aliphatic rings. The molecule has 114 valence electrons. The predicted octanol–water partition coefficient (Wildman–Crippen LogP) is 1.99. The zero-order chi connectivity index (χ0) is 13.6. The van der Waals surface area contributed by atoms with Crippen molar-refractivity contribution in [3.8, 4) is 0 Å². The molecular weight excluding hydrogens is 248 g/mol. The Labute approximate surface area is 116 Å². The molecule has 1 unspecified atom stereocenters. The lowest BCUT2D eigenvalue weighted by Crippen LogP contribution is -2.24. The maximum absolute atomic E-state index is 5.55. The number of hydrogen-bond donors (Lipinski definition) is 0. The molecule has 0 radical (unpaired) electrons. The molecule has 0 aromatic rings. The number of hydrogen-bond acceptors (Lipinski definition) is 5. The van der Waals surface area contributed by atoms with Gasteiger partial charge in [0.25, 0.3) is 0 Å². The molecular formula is C14H28O5. The Morgan fingerprint density at radius 1 is 0.842 bits per heavy atom. The van der Waals surface area contributed by atoms with E-state index in [-0.39, 0.29) is 6.29 Å².